The van der Waals surface area contributed by atoms with Crippen LogP contribution in [0, 0.1) is 12.7 Å². The van der Waals surface area contributed by atoms with Gasteiger partial charge in [-0.25, -0.2) is 8.78 Å². The summed E-state index contributed by atoms with van der Waals surface area (Å²) in [5.41, 5.74) is 11.3. The summed E-state index contributed by atoms with van der Waals surface area (Å²) in [4.78, 5) is 21.5. The Kier molecular flexibility index (Phi) is 10.7. The molecule has 1 aliphatic carbocycles. The summed E-state index contributed by atoms with van der Waals surface area (Å²) >= 11 is 0. The minimum absolute atomic E-state index is 0.101. The number of nitrogens with one attached hydrogen (secondary N) is 1. The van der Waals surface area contributed by atoms with Gasteiger partial charge in [-0.05, 0) is 111 Å². The van der Waals surface area contributed by atoms with Crippen LogP contribution in [0.15, 0.2) is 79.1 Å². The third-order valence-corrected chi connectivity index (χ3v) is 14.1. The molecule has 6 heterocycles. The van der Waals surface area contributed by atoms with E-state index in [9.17, 15) is 9.90 Å². The molecule has 4 N–H and O–H groups in total. The molecular weight excluding hydrogens is 801 g/mol. The van der Waals surface area contributed by atoms with Crippen molar-refractivity contribution in [3.8, 4) is 17.0 Å². The maximum Gasteiger partial charge on any atom is 0.253 e. The molecule has 2 aromatic heterocycles. The lowest BCUT2D eigenvalue weighted by Crippen LogP contribution is -2.51. The normalized spacial score (nSPS) is 24.0. The van der Waals surface area contributed by atoms with Gasteiger partial charge in [-0.1, -0.05) is 30.3 Å². The lowest BCUT2D eigenvalue weighted by molar-refractivity contribution is 0.0176. The number of piperidine rings is 2. The highest BCUT2D eigenvalue weighted by atomic mass is 19.1. The van der Waals surface area contributed by atoms with Gasteiger partial charge >= 0.3 is 0 Å². The second kappa shape index (κ2) is 17.2. The molecule has 5 aliphatic rings. The highest BCUT2D eigenvalue weighted by Gasteiger charge is 2.39. The van der Waals surface area contributed by atoms with Gasteiger partial charge in [-0.2, -0.15) is 0 Å². The monoisotopic (exact) mass is 859 g/mol. The fourth-order valence-corrected chi connectivity index (χ4v) is 10.3. The summed E-state index contributed by atoms with van der Waals surface area (Å²) in [6.07, 6.45) is 10.5. The van der Waals surface area contributed by atoms with Crippen LogP contribution in [0.1, 0.15) is 92.8 Å². The van der Waals surface area contributed by atoms with Crippen LogP contribution in [0.25, 0.3) is 22.2 Å². The third kappa shape index (κ3) is 8.13. The average molecular weight is 860 g/mol. The van der Waals surface area contributed by atoms with Crippen molar-refractivity contribution >= 4 is 34.0 Å². The number of aryl methyl sites for hydroxylation is 1. The largest absolute Gasteiger partial charge is 0.507 e. The number of fused-ring (bicyclic) bond motifs is 1. The highest BCUT2D eigenvalue weighted by Crippen LogP contribution is 2.43. The number of likely N-dealkylation sites (tertiary alicyclic amines) is 2. The van der Waals surface area contributed by atoms with Gasteiger partial charge in [0, 0.05) is 88.4 Å². The number of aromatic nitrogens is 3. The summed E-state index contributed by atoms with van der Waals surface area (Å²) in [6, 6.07) is 18.5. The van der Waals surface area contributed by atoms with Crippen LogP contribution in [0.2, 0.25) is 0 Å². The number of halogens is 2. The molecule has 1 saturated carbocycles. The summed E-state index contributed by atoms with van der Waals surface area (Å²) < 4.78 is 57.8. The number of phenolic OH excluding ortho intramolecular Hbond substituents is 1. The molecule has 14 heteroatoms. The van der Waals surface area contributed by atoms with Crippen molar-refractivity contribution in [2.24, 2.45) is 0 Å². The number of benzene rings is 3. The fourth-order valence-electron chi connectivity index (χ4n) is 10.3. The Morgan fingerprint density at radius 1 is 1.00 bits per heavy atom. The molecule has 4 aliphatic heterocycles. The molecule has 12 nitrogen and oxygen atoms in total. The van der Waals surface area contributed by atoms with Crippen LogP contribution in [-0.2, 0) is 4.74 Å². The van der Waals surface area contributed by atoms with E-state index in [1.807, 2.05) is 43.3 Å². The Morgan fingerprint density at radius 2 is 1.81 bits per heavy atom. The van der Waals surface area contributed by atoms with Crippen molar-refractivity contribution in [1.29, 1.82) is 0 Å². The molecule has 3 atom stereocenters. The molecule has 3 saturated heterocycles. The molecule has 2 unspecified atom stereocenters. The predicted octanol–water partition coefficient (Wildman–Crippen LogP) is 7.84. The minimum Gasteiger partial charge on any atom is -0.507 e. The second-order valence-corrected chi connectivity index (χ2v) is 18.0. The number of hydrogen-bond donors (Lipinski definition) is 3. The first-order valence-corrected chi connectivity index (χ1v) is 22.4. The number of morpholine rings is 1. The first-order valence-electron chi connectivity index (χ1n) is 23.6. The van der Waals surface area contributed by atoms with Crippen LogP contribution in [0.5, 0.6) is 5.75 Å². The Balaban J connectivity index is 0.749. The average Bonchev–Trinajstić information content (AvgIpc) is 3.66. The topological polar surface area (TPSA) is 128 Å². The van der Waals surface area contributed by atoms with E-state index in [-0.39, 0.29) is 48.4 Å². The molecule has 0 radical (unpaired) electrons. The smallest absolute Gasteiger partial charge is 0.253 e. The van der Waals surface area contributed by atoms with Gasteiger partial charge in [0.25, 0.3) is 5.91 Å². The van der Waals surface area contributed by atoms with Crippen molar-refractivity contribution in [2.45, 2.75) is 75.6 Å². The van der Waals surface area contributed by atoms with E-state index in [4.69, 9.17) is 13.2 Å². The molecule has 4 fully saturated rings. The SMILES string of the molecule is [2H]C1C=CN(c2ccc3c(C4CCN(CC5(F)CCN(C(=O)c6ccc(C7CN(c8cc(-c9ccccc9O)nnc8N)CCO7)c(C)c6)CC5)CC4)cn(C4CCC4)c3c2F)[C@H]([2H])N1. The van der Waals surface area contributed by atoms with E-state index in [2.05, 4.69) is 36.1 Å². The van der Waals surface area contributed by atoms with Gasteiger partial charge in [0.1, 0.15) is 17.5 Å². The molecule has 0 spiro atoms. The lowest BCUT2D eigenvalue weighted by atomic mass is 9.87. The quantitative estimate of drug-likeness (QED) is 0.135. The van der Waals surface area contributed by atoms with Crippen LogP contribution in [-0.4, -0.2) is 107 Å². The Hall–Kier alpha value is -5.57. The number of ether oxygens (including phenoxy) is 1. The predicted molar refractivity (Wildman–Crippen MR) is 242 cm³/mol. The van der Waals surface area contributed by atoms with Crippen molar-refractivity contribution in [1.82, 2.24) is 29.9 Å². The number of carbonyl (C=O) groups is 1. The van der Waals surface area contributed by atoms with Crippen molar-refractivity contribution in [2.75, 3.05) is 81.1 Å². The van der Waals surface area contributed by atoms with Crippen LogP contribution in [0.4, 0.5) is 26.0 Å². The van der Waals surface area contributed by atoms with Crippen molar-refractivity contribution < 1.29 is 26.2 Å². The van der Waals surface area contributed by atoms with Gasteiger partial charge in [0.05, 0.1) is 37.2 Å². The first-order chi connectivity index (χ1) is 31.4. The minimum atomic E-state index is -1.39. The standard InChI is InChI=1S/C49H57F2N9O3/c1-32-26-34(10-11-36(32)44-29-58(24-25-63-44)42-27-40(54-55-47(42)52)38-8-2-3-9-43(38)61)48(62)57-22-16-49(51,17-23-57)30-56-20-14-33(15-21-56)39-28-60(35-6-4-7-35)46-37(39)12-13-41(45(46)50)59-19-5-18-53-31-59/h2-3,5,8-13,19,26-28,33,35,44,53,61H,4,6-7,14-18,20-25,29-31H2,1H3,(H2,52,55)/i18D,31D/t18?,31-,44?/m1/s1. The number of aromatic hydroxyl groups is 1. The number of anilines is 3. The molecule has 3 aromatic carbocycles. The summed E-state index contributed by atoms with van der Waals surface area (Å²) in [6.45, 7) is 4.41. The van der Waals surface area contributed by atoms with E-state index in [1.54, 1.807) is 46.3 Å². The van der Waals surface area contributed by atoms with E-state index in [1.165, 1.54) is 0 Å². The third-order valence-electron chi connectivity index (χ3n) is 14.1. The van der Waals surface area contributed by atoms with Gasteiger partial charge in [-0.3, -0.25) is 10.1 Å². The number of alkyl halides is 1. The maximum absolute atomic E-state index is 16.6. The van der Waals surface area contributed by atoms with E-state index >= 15 is 8.78 Å². The number of rotatable bonds is 9. The molecular formula is C49H57F2N9O3. The first kappa shape index (κ1) is 39.1. The van der Waals surface area contributed by atoms with Crippen LogP contribution in [0.3, 0.4) is 0 Å². The molecule has 1 amide bonds. The molecule has 5 aromatic rings. The molecule has 10 rings (SSSR count). The molecule has 0 bridgehead atoms. The number of amides is 1. The summed E-state index contributed by atoms with van der Waals surface area (Å²) in [5.74, 6) is 0.185. The summed E-state index contributed by atoms with van der Waals surface area (Å²) in [5, 5.41) is 22.6. The lowest BCUT2D eigenvalue weighted by Gasteiger charge is -2.41. The van der Waals surface area contributed by atoms with Crippen LogP contribution < -0.4 is 20.9 Å². The highest BCUT2D eigenvalue weighted by molar-refractivity contribution is 5.94. The molecule has 330 valence electrons. The van der Waals surface area contributed by atoms with Gasteiger partial charge in [0.2, 0.25) is 0 Å². The van der Waals surface area contributed by atoms with Gasteiger partial charge in [-0.15, -0.1) is 10.2 Å². The second-order valence-electron chi connectivity index (χ2n) is 18.0. The number of nitrogens with two attached hydrogens (primary N) is 1. The zero-order valence-corrected chi connectivity index (χ0v) is 35.7. The Labute approximate surface area is 370 Å². The van der Waals surface area contributed by atoms with Crippen molar-refractivity contribution in [3.63, 3.8) is 0 Å². The molecule has 63 heavy (non-hydrogen) atoms. The fraction of sp³-hybridized carbons (Fsp3) is 0.449. The number of carbonyl (C=O) groups excluding carboxylic acids is 1. The maximum atomic E-state index is 16.6. The van der Waals surface area contributed by atoms with Gasteiger partial charge in [0.15, 0.2) is 11.6 Å². The number of nitrogens with zero attached hydrogens (tertiary/aromatic N) is 7. The summed E-state index contributed by atoms with van der Waals surface area (Å²) in [7, 11) is 0. The zero-order chi connectivity index (χ0) is 45.0. The number of hydrogen-bond acceptors (Lipinski definition) is 10. The zero-order valence-electron chi connectivity index (χ0n) is 37.7. The number of nitrogen functional groups attached to an aromatic ring is 1. The van der Waals surface area contributed by atoms with Gasteiger partial charge < -0.3 is 39.7 Å². The number of phenols is 1. The Bertz CT molecular complexity index is 2610. The van der Waals surface area contributed by atoms with E-state index in [0.29, 0.717) is 78.9 Å². The Morgan fingerprint density at radius 3 is 2.56 bits per heavy atom. The number of para-hydroxylation sites is 1. The van der Waals surface area contributed by atoms with E-state index in [0.717, 1.165) is 67.3 Å². The van der Waals surface area contributed by atoms with Crippen molar-refractivity contribution in [3.05, 3.63) is 107 Å². The van der Waals surface area contributed by atoms with Crippen LogP contribution >= 0.6 is 0 Å². The van der Waals surface area contributed by atoms with E-state index < -0.39 is 18.8 Å².